The standard InChI is InChI=1S/C12H16OS/c1-3-10(9-12(13)14-2)11-7-5-4-6-8-11/h4-8,10H,3,9H2,1-2H3. The summed E-state index contributed by atoms with van der Waals surface area (Å²) in [5.41, 5.74) is 1.28. The lowest BCUT2D eigenvalue weighted by Crippen LogP contribution is -2.02. The maximum absolute atomic E-state index is 11.3. The van der Waals surface area contributed by atoms with E-state index in [1.165, 1.54) is 17.3 Å². The maximum atomic E-state index is 11.3. The van der Waals surface area contributed by atoms with Crippen molar-refractivity contribution in [2.45, 2.75) is 25.7 Å². The van der Waals surface area contributed by atoms with Gasteiger partial charge in [0.05, 0.1) is 0 Å². The zero-order chi connectivity index (χ0) is 10.4. The molecule has 0 aromatic heterocycles. The fraction of sp³-hybridized carbons (Fsp3) is 0.417. The molecule has 0 radical (unpaired) electrons. The summed E-state index contributed by atoms with van der Waals surface area (Å²) in [4.78, 5) is 11.3. The molecule has 0 heterocycles. The van der Waals surface area contributed by atoms with Crippen LogP contribution in [0.15, 0.2) is 30.3 Å². The maximum Gasteiger partial charge on any atom is 0.189 e. The fourth-order valence-corrected chi connectivity index (χ4v) is 1.88. The monoisotopic (exact) mass is 208 g/mol. The Morgan fingerprint density at radius 2 is 2.00 bits per heavy atom. The van der Waals surface area contributed by atoms with Crippen molar-refractivity contribution in [2.24, 2.45) is 0 Å². The van der Waals surface area contributed by atoms with Gasteiger partial charge in [0.1, 0.15) is 0 Å². The topological polar surface area (TPSA) is 17.1 Å². The molecular weight excluding hydrogens is 192 g/mol. The number of hydrogen-bond acceptors (Lipinski definition) is 2. The van der Waals surface area contributed by atoms with Gasteiger partial charge < -0.3 is 0 Å². The van der Waals surface area contributed by atoms with Crippen LogP contribution < -0.4 is 0 Å². The zero-order valence-corrected chi connectivity index (χ0v) is 9.51. The number of thioether (sulfide) groups is 1. The van der Waals surface area contributed by atoms with Crippen molar-refractivity contribution in [3.63, 3.8) is 0 Å². The van der Waals surface area contributed by atoms with E-state index in [1.54, 1.807) is 0 Å². The SMILES string of the molecule is CCC(CC(=O)SC)c1ccccc1. The van der Waals surface area contributed by atoms with E-state index in [0.717, 1.165) is 6.42 Å². The average molecular weight is 208 g/mol. The van der Waals surface area contributed by atoms with Crippen molar-refractivity contribution in [3.8, 4) is 0 Å². The zero-order valence-electron chi connectivity index (χ0n) is 8.69. The van der Waals surface area contributed by atoms with Crippen LogP contribution in [-0.4, -0.2) is 11.4 Å². The smallest absolute Gasteiger partial charge is 0.189 e. The van der Waals surface area contributed by atoms with Crippen LogP contribution in [0.2, 0.25) is 0 Å². The third-order valence-corrected chi connectivity index (χ3v) is 3.03. The molecule has 0 amide bonds. The van der Waals surface area contributed by atoms with Crippen LogP contribution in [0.5, 0.6) is 0 Å². The molecule has 1 rings (SSSR count). The number of rotatable bonds is 4. The first-order valence-corrected chi connectivity index (χ1v) is 6.12. The summed E-state index contributed by atoms with van der Waals surface area (Å²) in [6, 6.07) is 10.3. The molecule has 1 aromatic rings. The van der Waals surface area contributed by atoms with E-state index in [-0.39, 0.29) is 5.12 Å². The molecule has 0 aliphatic heterocycles. The first kappa shape index (κ1) is 11.3. The van der Waals surface area contributed by atoms with Gasteiger partial charge in [0, 0.05) is 6.42 Å². The fourth-order valence-electron chi connectivity index (χ4n) is 1.51. The molecule has 0 N–H and O–H groups in total. The molecule has 14 heavy (non-hydrogen) atoms. The molecule has 0 fully saturated rings. The van der Waals surface area contributed by atoms with Crippen LogP contribution in [0.25, 0.3) is 0 Å². The lowest BCUT2D eigenvalue weighted by molar-refractivity contribution is -0.111. The number of hydrogen-bond donors (Lipinski definition) is 0. The second-order valence-corrected chi connectivity index (χ2v) is 4.16. The Morgan fingerprint density at radius 3 is 2.50 bits per heavy atom. The van der Waals surface area contributed by atoms with Crippen molar-refractivity contribution in [1.82, 2.24) is 0 Å². The summed E-state index contributed by atoms with van der Waals surface area (Å²) in [7, 11) is 0. The molecule has 0 aliphatic carbocycles. The van der Waals surface area contributed by atoms with E-state index < -0.39 is 0 Å². The number of carbonyl (C=O) groups excluding carboxylic acids is 1. The van der Waals surface area contributed by atoms with Gasteiger partial charge >= 0.3 is 0 Å². The van der Waals surface area contributed by atoms with Gasteiger partial charge in [-0.15, -0.1) is 0 Å². The molecule has 0 spiro atoms. The van der Waals surface area contributed by atoms with Crippen LogP contribution >= 0.6 is 11.8 Å². The predicted molar refractivity (Wildman–Crippen MR) is 62.6 cm³/mol. The molecule has 0 aliphatic rings. The van der Waals surface area contributed by atoms with Gasteiger partial charge in [-0.2, -0.15) is 0 Å². The number of benzene rings is 1. The van der Waals surface area contributed by atoms with Crippen molar-refractivity contribution < 1.29 is 4.79 Å². The molecule has 0 saturated heterocycles. The minimum Gasteiger partial charge on any atom is -0.287 e. The van der Waals surface area contributed by atoms with E-state index in [0.29, 0.717) is 12.3 Å². The quantitative estimate of drug-likeness (QED) is 0.753. The van der Waals surface area contributed by atoms with E-state index in [4.69, 9.17) is 0 Å². The Hall–Kier alpha value is -0.760. The van der Waals surface area contributed by atoms with Crippen molar-refractivity contribution in [2.75, 3.05) is 6.26 Å². The van der Waals surface area contributed by atoms with Gasteiger partial charge in [-0.25, -0.2) is 0 Å². The Kier molecular flexibility index (Phi) is 4.74. The lowest BCUT2D eigenvalue weighted by atomic mass is 9.94. The molecule has 1 atom stereocenters. The highest BCUT2D eigenvalue weighted by molar-refractivity contribution is 8.13. The van der Waals surface area contributed by atoms with E-state index >= 15 is 0 Å². The van der Waals surface area contributed by atoms with E-state index in [2.05, 4.69) is 19.1 Å². The summed E-state index contributed by atoms with van der Waals surface area (Å²) in [5.74, 6) is 0.385. The van der Waals surface area contributed by atoms with Crippen LogP contribution in [0.1, 0.15) is 31.2 Å². The van der Waals surface area contributed by atoms with Crippen molar-refractivity contribution in [1.29, 1.82) is 0 Å². The van der Waals surface area contributed by atoms with Gasteiger partial charge in [0.15, 0.2) is 5.12 Å². The molecule has 1 aromatic carbocycles. The molecule has 0 saturated carbocycles. The number of carbonyl (C=O) groups is 1. The normalized spacial score (nSPS) is 12.4. The first-order valence-electron chi connectivity index (χ1n) is 4.89. The Morgan fingerprint density at radius 1 is 1.36 bits per heavy atom. The lowest BCUT2D eigenvalue weighted by Gasteiger charge is -2.13. The molecule has 1 unspecified atom stereocenters. The average Bonchev–Trinajstić information content (AvgIpc) is 2.26. The summed E-state index contributed by atoms with van der Waals surface area (Å²) >= 11 is 1.32. The second-order valence-electron chi connectivity index (χ2n) is 3.30. The molecule has 2 heteroatoms. The third-order valence-electron chi connectivity index (χ3n) is 2.40. The Balaban J connectivity index is 2.68. The van der Waals surface area contributed by atoms with Crippen LogP contribution in [0, 0.1) is 0 Å². The third kappa shape index (κ3) is 3.18. The highest BCUT2D eigenvalue weighted by Crippen LogP contribution is 2.24. The van der Waals surface area contributed by atoms with Crippen molar-refractivity contribution in [3.05, 3.63) is 35.9 Å². The van der Waals surface area contributed by atoms with Gasteiger partial charge in [0.2, 0.25) is 0 Å². The highest BCUT2D eigenvalue weighted by atomic mass is 32.2. The molecular formula is C12H16OS. The van der Waals surface area contributed by atoms with Crippen LogP contribution in [0.4, 0.5) is 0 Å². The molecule has 1 nitrogen and oxygen atoms in total. The summed E-state index contributed by atoms with van der Waals surface area (Å²) < 4.78 is 0. The summed E-state index contributed by atoms with van der Waals surface area (Å²) in [5, 5.41) is 0.278. The van der Waals surface area contributed by atoms with E-state index in [1.807, 2.05) is 24.5 Å². The summed E-state index contributed by atoms with van der Waals surface area (Å²) in [6.45, 7) is 2.13. The summed E-state index contributed by atoms with van der Waals surface area (Å²) in [6.07, 6.45) is 3.53. The van der Waals surface area contributed by atoms with Gasteiger partial charge in [-0.1, -0.05) is 49.0 Å². The van der Waals surface area contributed by atoms with Crippen molar-refractivity contribution >= 4 is 16.9 Å². The second kappa shape index (κ2) is 5.86. The highest BCUT2D eigenvalue weighted by Gasteiger charge is 2.12. The Bertz CT molecular complexity index is 282. The Labute approximate surface area is 89.9 Å². The molecule has 76 valence electrons. The van der Waals surface area contributed by atoms with Crippen LogP contribution in [-0.2, 0) is 4.79 Å². The van der Waals surface area contributed by atoms with E-state index in [9.17, 15) is 4.79 Å². The van der Waals surface area contributed by atoms with Gasteiger partial charge in [-0.05, 0) is 24.2 Å². The predicted octanol–water partition coefficient (Wildman–Crippen LogP) is 3.46. The van der Waals surface area contributed by atoms with Crippen LogP contribution in [0.3, 0.4) is 0 Å². The largest absolute Gasteiger partial charge is 0.287 e. The minimum absolute atomic E-state index is 0.278. The first-order chi connectivity index (χ1) is 6.77. The minimum atomic E-state index is 0.278. The molecule has 0 bridgehead atoms. The van der Waals surface area contributed by atoms with Gasteiger partial charge in [-0.3, -0.25) is 4.79 Å². The van der Waals surface area contributed by atoms with Gasteiger partial charge in [0.25, 0.3) is 0 Å².